The van der Waals surface area contributed by atoms with Crippen molar-refractivity contribution in [2.24, 2.45) is 5.92 Å². The van der Waals surface area contributed by atoms with Gasteiger partial charge in [0.15, 0.2) is 9.84 Å². The molecule has 2 N–H and O–H groups in total. The van der Waals surface area contributed by atoms with Crippen molar-refractivity contribution < 1.29 is 18.3 Å². The Morgan fingerprint density at radius 3 is 2.53 bits per heavy atom. The molecule has 2 aromatic heterocycles. The van der Waals surface area contributed by atoms with Crippen molar-refractivity contribution in [3.05, 3.63) is 59.4 Å². The number of carboxylic acid groups (broad SMARTS) is 1. The average Bonchev–Trinajstić information content (AvgIpc) is 3.34. The van der Waals surface area contributed by atoms with E-state index in [2.05, 4.69) is 16.0 Å². The topological polar surface area (TPSA) is 100 Å². The summed E-state index contributed by atoms with van der Waals surface area (Å²) in [6, 6.07) is 11.1. The van der Waals surface area contributed by atoms with Crippen molar-refractivity contribution >= 4 is 26.8 Å². The molecular formula is C23H26N2O4S. The lowest BCUT2D eigenvalue weighted by Gasteiger charge is -2.20. The molecule has 0 spiro atoms. The molecule has 1 fully saturated rings. The number of rotatable bonds is 7. The number of pyridine rings is 1. The molecule has 0 radical (unpaired) electrons. The lowest BCUT2D eigenvalue weighted by Crippen LogP contribution is -2.08. The Kier molecular flexibility index (Phi) is 5.64. The van der Waals surface area contributed by atoms with Crippen LogP contribution < -0.4 is 0 Å². The number of H-pyrrole nitrogens is 1. The third-order valence-corrected chi connectivity index (χ3v) is 7.16. The number of hydrogen-bond acceptors (Lipinski definition) is 4. The molecule has 1 unspecified atom stereocenters. The molecule has 3 aromatic rings. The van der Waals surface area contributed by atoms with E-state index in [1.165, 1.54) is 31.9 Å². The molecule has 7 heteroatoms. The van der Waals surface area contributed by atoms with Crippen LogP contribution in [0.3, 0.4) is 0 Å². The van der Waals surface area contributed by atoms with Crippen molar-refractivity contribution in [1.82, 2.24) is 9.97 Å². The average molecular weight is 427 g/mol. The number of nitrogens with one attached hydrogen (secondary N) is 1. The first-order chi connectivity index (χ1) is 14.3. The van der Waals surface area contributed by atoms with E-state index in [0.717, 1.165) is 28.7 Å². The Morgan fingerprint density at radius 1 is 1.20 bits per heavy atom. The van der Waals surface area contributed by atoms with Crippen LogP contribution in [0.2, 0.25) is 0 Å². The number of aromatic amines is 1. The summed E-state index contributed by atoms with van der Waals surface area (Å²) in [6.07, 6.45) is 8.72. The molecule has 0 bridgehead atoms. The van der Waals surface area contributed by atoms with Crippen LogP contribution in [-0.2, 0) is 21.1 Å². The fraction of sp³-hybridized carbons (Fsp3) is 0.391. The summed E-state index contributed by atoms with van der Waals surface area (Å²) in [4.78, 5) is 19.2. The predicted molar refractivity (Wildman–Crippen MR) is 115 cm³/mol. The van der Waals surface area contributed by atoms with Crippen LogP contribution in [-0.4, -0.2) is 35.7 Å². The standard InChI is InChI=1S/C23H26N2O4S/c1-30(28,29)19-8-6-17(7-9-19)20(11-15-4-2-3-5-15)21-13-18-10-16(12-22(26)27)14-24-23(18)25-21/h6-10,13-15,20H,2-5,11-12H2,1H3,(H,24,25)(H,26,27). The number of fused-ring (bicyclic) bond motifs is 1. The van der Waals surface area contributed by atoms with Crippen LogP contribution in [0.5, 0.6) is 0 Å². The molecule has 0 aliphatic heterocycles. The fourth-order valence-corrected chi connectivity index (χ4v) is 5.14. The van der Waals surface area contributed by atoms with E-state index in [-0.39, 0.29) is 12.3 Å². The summed E-state index contributed by atoms with van der Waals surface area (Å²) in [6.45, 7) is 0. The van der Waals surface area contributed by atoms with Gasteiger partial charge in [-0.15, -0.1) is 0 Å². The first-order valence-corrected chi connectivity index (χ1v) is 12.2. The SMILES string of the molecule is CS(=O)(=O)c1ccc(C(CC2CCCC2)c2cc3cc(CC(=O)O)cnc3[nH]2)cc1. The summed E-state index contributed by atoms with van der Waals surface area (Å²) in [5.74, 6) is -0.123. The summed E-state index contributed by atoms with van der Waals surface area (Å²) >= 11 is 0. The predicted octanol–water partition coefficient (Wildman–Crippen LogP) is 4.31. The Labute approximate surface area is 176 Å². The molecular weight excluding hydrogens is 400 g/mol. The van der Waals surface area contributed by atoms with Crippen molar-refractivity contribution in [1.29, 1.82) is 0 Å². The minimum Gasteiger partial charge on any atom is -0.481 e. The number of carbonyl (C=O) groups is 1. The molecule has 1 aromatic carbocycles. The monoisotopic (exact) mass is 426 g/mol. The molecule has 0 amide bonds. The second-order valence-corrected chi connectivity index (χ2v) is 10.4. The summed E-state index contributed by atoms with van der Waals surface area (Å²) in [7, 11) is -3.23. The fourth-order valence-electron chi connectivity index (χ4n) is 4.51. The van der Waals surface area contributed by atoms with E-state index < -0.39 is 15.8 Å². The number of aromatic nitrogens is 2. The number of benzene rings is 1. The van der Waals surface area contributed by atoms with Gasteiger partial charge in [-0.1, -0.05) is 37.8 Å². The highest BCUT2D eigenvalue weighted by Crippen LogP contribution is 2.38. The summed E-state index contributed by atoms with van der Waals surface area (Å²) in [5.41, 5.74) is 3.52. The second kappa shape index (κ2) is 8.22. The molecule has 1 saturated carbocycles. The largest absolute Gasteiger partial charge is 0.481 e. The Morgan fingerprint density at radius 2 is 1.90 bits per heavy atom. The molecule has 4 rings (SSSR count). The summed E-state index contributed by atoms with van der Waals surface area (Å²) in [5, 5.41) is 9.94. The van der Waals surface area contributed by atoms with Gasteiger partial charge < -0.3 is 10.1 Å². The van der Waals surface area contributed by atoms with Gasteiger partial charge >= 0.3 is 5.97 Å². The first kappa shape index (κ1) is 20.6. The van der Waals surface area contributed by atoms with E-state index >= 15 is 0 Å². The van der Waals surface area contributed by atoms with Crippen LogP contribution in [0, 0.1) is 5.92 Å². The maximum atomic E-state index is 11.8. The maximum Gasteiger partial charge on any atom is 0.307 e. The molecule has 1 aliphatic carbocycles. The normalized spacial score (nSPS) is 16.2. The Balaban J connectivity index is 1.70. The minimum absolute atomic E-state index is 0.0537. The lowest BCUT2D eigenvalue weighted by molar-refractivity contribution is -0.136. The van der Waals surface area contributed by atoms with Crippen LogP contribution in [0.25, 0.3) is 11.0 Å². The number of sulfone groups is 1. The van der Waals surface area contributed by atoms with Gasteiger partial charge in [-0.3, -0.25) is 4.79 Å². The molecule has 30 heavy (non-hydrogen) atoms. The van der Waals surface area contributed by atoms with E-state index in [9.17, 15) is 13.2 Å². The zero-order valence-electron chi connectivity index (χ0n) is 17.0. The van der Waals surface area contributed by atoms with Crippen LogP contribution in [0.15, 0.2) is 47.5 Å². The van der Waals surface area contributed by atoms with Crippen molar-refractivity contribution in [2.45, 2.75) is 49.3 Å². The number of hydrogen-bond donors (Lipinski definition) is 2. The smallest absolute Gasteiger partial charge is 0.307 e. The lowest BCUT2D eigenvalue weighted by atomic mass is 9.85. The highest BCUT2D eigenvalue weighted by Gasteiger charge is 2.24. The quantitative estimate of drug-likeness (QED) is 0.586. The third-order valence-electron chi connectivity index (χ3n) is 6.03. The van der Waals surface area contributed by atoms with Crippen LogP contribution in [0.4, 0.5) is 0 Å². The number of aliphatic carboxylic acids is 1. The molecule has 1 atom stereocenters. The molecule has 6 nitrogen and oxygen atoms in total. The Hall–Kier alpha value is -2.67. The second-order valence-electron chi connectivity index (χ2n) is 8.36. The van der Waals surface area contributed by atoms with Gasteiger partial charge in [-0.05, 0) is 47.7 Å². The van der Waals surface area contributed by atoms with E-state index in [4.69, 9.17) is 5.11 Å². The minimum atomic E-state index is -3.23. The zero-order chi connectivity index (χ0) is 21.3. The van der Waals surface area contributed by atoms with Gasteiger partial charge in [0.1, 0.15) is 5.65 Å². The van der Waals surface area contributed by atoms with Crippen LogP contribution in [0.1, 0.15) is 54.8 Å². The molecule has 158 valence electrons. The van der Waals surface area contributed by atoms with Crippen molar-refractivity contribution in [2.75, 3.05) is 6.26 Å². The summed E-state index contributed by atoms with van der Waals surface area (Å²) < 4.78 is 23.7. The zero-order valence-corrected chi connectivity index (χ0v) is 17.8. The van der Waals surface area contributed by atoms with Gasteiger partial charge in [0.05, 0.1) is 11.3 Å². The maximum absolute atomic E-state index is 11.8. The van der Waals surface area contributed by atoms with Gasteiger partial charge in [-0.2, -0.15) is 0 Å². The molecule has 1 aliphatic rings. The first-order valence-electron chi connectivity index (χ1n) is 10.3. The van der Waals surface area contributed by atoms with Gasteiger partial charge in [-0.25, -0.2) is 13.4 Å². The van der Waals surface area contributed by atoms with E-state index in [1.807, 2.05) is 18.2 Å². The van der Waals surface area contributed by atoms with Gasteiger partial charge in [0, 0.05) is 29.5 Å². The van der Waals surface area contributed by atoms with Gasteiger partial charge in [0.25, 0.3) is 0 Å². The van der Waals surface area contributed by atoms with Crippen molar-refractivity contribution in [3.63, 3.8) is 0 Å². The van der Waals surface area contributed by atoms with Crippen LogP contribution >= 0.6 is 0 Å². The van der Waals surface area contributed by atoms with Crippen molar-refractivity contribution in [3.8, 4) is 0 Å². The van der Waals surface area contributed by atoms with Gasteiger partial charge in [0.2, 0.25) is 0 Å². The molecule has 2 heterocycles. The highest BCUT2D eigenvalue weighted by atomic mass is 32.2. The Bertz CT molecular complexity index is 1160. The third kappa shape index (κ3) is 4.56. The molecule has 0 saturated heterocycles. The number of carboxylic acids is 1. The highest BCUT2D eigenvalue weighted by molar-refractivity contribution is 7.90. The number of nitrogens with zero attached hydrogens (tertiary/aromatic N) is 1. The van der Waals surface area contributed by atoms with E-state index in [0.29, 0.717) is 16.4 Å². The van der Waals surface area contributed by atoms with E-state index in [1.54, 1.807) is 18.3 Å².